The van der Waals surface area contributed by atoms with Crippen molar-refractivity contribution in [1.82, 2.24) is 0 Å². The first kappa shape index (κ1) is 15.7. The molecule has 0 saturated heterocycles. The molecule has 0 spiro atoms. The molecule has 0 N–H and O–H groups in total. The predicted octanol–water partition coefficient (Wildman–Crippen LogP) is 4.58. The summed E-state index contributed by atoms with van der Waals surface area (Å²) in [5, 5.41) is 9.31. The molecule has 104 valence electrons. The van der Waals surface area contributed by atoms with Gasteiger partial charge in [0.05, 0.1) is 6.07 Å². The Morgan fingerprint density at radius 1 is 1.11 bits per heavy atom. The fourth-order valence-corrected chi connectivity index (χ4v) is 3.90. The lowest BCUT2D eigenvalue weighted by Gasteiger charge is -2.39. The van der Waals surface area contributed by atoms with Gasteiger partial charge in [-0.1, -0.05) is 20.8 Å². The van der Waals surface area contributed by atoms with Gasteiger partial charge < -0.3 is 4.43 Å². The van der Waals surface area contributed by atoms with Crippen LogP contribution in [0.15, 0.2) is 0 Å². The summed E-state index contributed by atoms with van der Waals surface area (Å²) in [6.07, 6.45) is 4.65. The van der Waals surface area contributed by atoms with E-state index in [1.165, 1.54) is 12.8 Å². The maximum Gasteiger partial charge on any atom is 0.185 e. The minimum Gasteiger partial charge on any atom is -0.402 e. The quantitative estimate of drug-likeness (QED) is 0.701. The average molecular weight is 267 g/mol. The Balaban J connectivity index is 2.54. The van der Waals surface area contributed by atoms with Crippen LogP contribution < -0.4 is 0 Å². The van der Waals surface area contributed by atoms with E-state index in [9.17, 15) is 5.26 Å². The van der Waals surface area contributed by atoms with Crippen LogP contribution >= 0.6 is 0 Å². The van der Waals surface area contributed by atoms with E-state index in [0.717, 1.165) is 18.8 Å². The third-order valence-electron chi connectivity index (χ3n) is 4.03. The fourth-order valence-electron chi connectivity index (χ4n) is 2.90. The molecule has 1 rings (SSSR count). The van der Waals surface area contributed by atoms with Crippen LogP contribution in [-0.4, -0.2) is 14.4 Å². The molecule has 1 fully saturated rings. The molecule has 0 radical (unpaired) electrons. The van der Waals surface area contributed by atoms with Gasteiger partial charge in [0.25, 0.3) is 0 Å². The zero-order valence-corrected chi connectivity index (χ0v) is 13.9. The van der Waals surface area contributed by atoms with Crippen molar-refractivity contribution in [2.45, 2.75) is 72.2 Å². The molecule has 1 unspecified atom stereocenters. The zero-order valence-electron chi connectivity index (χ0n) is 12.9. The molecule has 0 aromatic rings. The molecule has 0 amide bonds. The first-order valence-corrected chi connectivity index (χ1v) is 10.6. The molecule has 18 heavy (non-hydrogen) atoms. The van der Waals surface area contributed by atoms with E-state index < -0.39 is 8.32 Å². The molecule has 0 bridgehead atoms. The van der Waals surface area contributed by atoms with Gasteiger partial charge in [0.1, 0.15) is 6.10 Å². The Morgan fingerprint density at radius 2 is 1.61 bits per heavy atom. The largest absolute Gasteiger partial charge is 0.402 e. The second-order valence-electron chi connectivity index (χ2n) is 7.76. The molecule has 1 aliphatic rings. The van der Waals surface area contributed by atoms with E-state index in [0.29, 0.717) is 11.3 Å². The number of hydrogen-bond donors (Lipinski definition) is 0. The monoisotopic (exact) mass is 267 g/mol. The van der Waals surface area contributed by atoms with Crippen LogP contribution in [0, 0.1) is 28.6 Å². The van der Waals surface area contributed by atoms with Gasteiger partial charge in [-0.25, -0.2) is 0 Å². The van der Waals surface area contributed by atoms with Gasteiger partial charge in [-0.3, -0.25) is 0 Å². The molecule has 1 aliphatic carbocycles. The van der Waals surface area contributed by atoms with Gasteiger partial charge in [-0.05, 0) is 62.6 Å². The van der Waals surface area contributed by atoms with Crippen LogP contribution in [0.5, 0.6) is 0 Å². The highest BCUT2D eigenvalue weighted by atomic mass is 28.4. The van der Waals surface area contributed by atoms with E-state index in [1.807, 2.05) is 0 Å². The zero-order chi connectivity index (χ0) is 14.0. The molecule has 1 atom stereocenters. The number of nitrogens with zero attached hydrogens (tertiary/aromatic N) is 1. The maximum atomic E-state index is 9.31. The predicted molar refractivity (Wildman–Crippen MR) is 78.7 cm³/mol. The summed E-state index contributed by atoms with van der Waals surface area (Å²) in [6, 6.07) is 2.39. The number of hydrogen-bond acceptors (Lipinski definition) is 2. The first-order chi connectivity index (χ1) is 8.13. The minimum atomic E-state index is -1.60. The topological polar surface area (TPSA) is 33.0 Å². The molecular weight excluding hydrogens is 238 g/mol. The normalized spacial score (nSPS) is 27.6. The van der Waals surface area contributed by atoms with Crippen molar-refractivity contribution in [2.24, 2.45) is 17.3 Å². The van der Waals surface area contributed by atoms with Crippen LogP contribution in [0.1, 0.15) is 46.5 Å². The summed E-state index contributed by atoms with van der Waals surface area (Å²) >= 11 is 0. The first-order valence-electron chi connectivity index (χ1n) is 7.21. The van der Waals surface area contributed by atoms with E-state index in [-0.39, 0.29) is 6.10 Å². The molecule has 0 heterocycles. The van der Waals surface area contributed by atoms with Crippen molar-refractivity contribution in [3.63, 3.8) is 0 Å². The summed E-state index contributed by atoms with van der Waals surface area (Å²) in [4.78, 5) is 0. The van der Waals surface area contributed by atoms with E-state index in [1.54, 1.807) is 0 Å². The third-order valence-corrected chi connectivity index (χ3v) is 4.99. The van der Waals surface area contributed by atoms with Gasteiger partial charge in [0.2, 0.25) is 0 Å². The van der Waals surface area contributed by atoms with Crippen molar-refractivity contribution in [2.75, 3.05) is 0 Å². The highest BCUT2D eigenvalue weighted by Gasteiger charge is 2.34. The average Bonchev–Trinajstić information content (AvgIpc) is 2.24. The van der Waals surface area contributed by atoms with Crippen molar-refractivity contribution in [3.8, 4) is 6.07 Å². The summed E-state index contributed by atoms with van der Waals surface area (Å²) in [5.41, 5.74) is 0.409. The smallest absolute Gasteiger partial charge is 0.185 e. The van der Waals surface area contributed by atoms with Crippen molar-refractivity contribution in [3.05, 3.63) is 0 Å². The highest BCUT2D eigenvalue weighted by Crippen LogP contribution is 2.41. The molecule has 3 heteroatoms. The third kappa shape index (κ3) is 4.74. The summed E-state index contributed by atoms with van der Waals surface area (Å²) < 4.78 is 6.03. The Labute approximate surface area is 114 Å². The Bertz CT molecular complexity index is 300. The minimum absolute atomic E-state index is 0.169. The Kier molecular flexibility index (Phi) is 5.03. The lowest BCUT2D eigenvalue weighted by Crippen LogP contribution is -2.38. The van der Waals surface area contributed by atoms with Crippen LogP contribution in [0.4, 0.5) is 0 Å². The van der Waals surface area contributed by atoms with Gasteiger partial charge in [-0.15, -0.1) is 0 Å². The van der Waals surface area contributed by atoms with Crippen molar-refractivity contribution < 1.29 is 4.43 Å². The van der Waals surface area contributed by atoms with Gasteiger partial charge in [-0.2, -0.15) is 5.26 Å². The summed E-state index contributed by atoms with van der Waals surface area (Å²) in [6.45, 7) is 13.5. The lowest BCUT2D eigenvalue weighted by molar-refractivity contribution is 0.0925. The maximum absolute atomic E-state index is 9.31. The van der Waals surface area contributed by atoms with Gasteiger partial charge >= 0.3 is 0 Å². The van der Waals surface area contributed by atoms with Gasteiger partial charge in [0, 0.05) is 0 Å². The van der Waals surface area contributed by atoms with E-state index in [4.69, 9.17) is 4.43 Å². The van der Waals surface area contributed by atoms with Crippen molar-refractivity contribution >= 4 is 8.32 Å². The molecule has 0 aliphatic heterocycles. The van der Waals surface area contributed by atoms with Crippen LogP contribution in [-0.2, 0) is 4.43 Å². The SMILES string of the molecule is CC(C)(C)C1CCC(C(C#N)O[Si](C)(C)C)CC1. The number of rotatable bonds is 3. The van der Waals surface area contributed by atoms with Crippen molar-refractivity contribution in [1.29, 1.82) is 5.26 Å². The van der Waals surface area contributed by atoms with E-state index >= 15 is 0 Å². The van der Waals surface area contributed by atoms with Crippen LogP contribution in [0.3, 0.4) is 0 Å². The highest BCUT2D eigenvalue weighted by molar-refractivity contribution is 6.69. The second kappa shape index (κ2) is 5.75. The van der Waals surface area contributed by atoms with Gasteiger partial charge in [0.15, 0.2) is 8.32 Å². The van der Waals surface area contributed by atoms with E-state index in [2.05, 4.69) is 46.5 Å². The molecular formula is C15H29NOSi. The van der Waals surface area contributed by atoms with Crippen LogP contribution in [0.2, 0.25) is 19.6 Å². The number of nitriles is 1. The molecule has 0 aromatic heterocycles. The summed E-state index contributed by atoms with van der Waals surface area (Å²) in [7, 11) is -1.60. The fraction of sp³-hybridized carbons (Fsp3) is 0.933. The second-order valence-corrected chi connectivity index (χ2v) is 12.2. The standard InChI is InChI=1S/C15H29NOSi/c1-15(2,3)13-9-7-12(8-10-13)14(11-16)17-18(4,5)6/h12-14H,7-10H2,1-6H3. The molecule has 1 saturated carbocycles. The van der Waals surface area contributed by atoms with Crippen LogP contribution in [0.25, 0.3) is 0 Å². The molecule has 0 aromatic carbocycles. The Hall–Kier alpha value is -0.333. The summed E-state index contributed by atoms with van der Waals surface area (Å²) in [5.74, 6) is 1.26. The Morgan fingerprint density at radius 3 is 1.94 bits per heavy atom. The molecule has 2 nitrogen and oxygen atoms in total. The lowest BCUT2D eigenvalue weighted by atomic mass is 9.69.